The van der Waals surface area contributed by atoms with Crippen molar-refractivity contribution in [3.05, 3.63) is 0 Å². The van der Waals surface area contributed by atoms with Crippen molar-refractivity contribution in [3.63, 3.8) is 0 Å². The molecule has 0 saturated heterocycles. The van der Waals surface area contributed by atoms with Crippen LogP contribution in [-0.2, 0) is 4.37 Å². The van der Waals surface area contributed by atoms with E-state index in [-0.39, 0.29) is 0 Å². The van der Waals surface area contributed by atoms with Gasteiger partial charge in [0.1, 0.15) is 19.8 Å². The van der Waals surface area contributed by atoms with E-state index < -0.39 is 0 Å². The van der Waals surface area contributed by atoms with Crippen molar-refractivity contribution in [1.82, 2.24) is 0 Å². The molecule has 0 N–H and O–H groups in total. The van der Waals surface area contributed by atoms with E-state index in [4.69, 9.17) is 0 Å². The topological polar surface area (TPSA) is 2.70 Å². The van der Waals surface area contributed by atoms with Crippen LogP contribution in [0.5, 0.6) is 0 Å². The zero-order valence-corrected chi connectivity index (χ0v) is 11.9. The molecule has 0 unspecified atom stereocenters. The van der Waals surface area contributed by atoms with Crippen LogP contribution in [-0.4, -0.2) is 19.8 Å². The zero-order valence-electron chi connectivity index (χ0n) is 11.9. The first kappa shape index (κ1) is 16.0. The van der Waals surface area contributed by atoms with E-state index in [0.29, 0.717) is 0 Å². The summed E-state index contributed by atoms with van der Waals surface area (Å²) in [5, 5.41) is 0. The van der Waals surface area contributed by atoms with Crippen molar-refractivity contribution < 1.29 is 4.37 Å². The lowest BCUT2D eigenvalue weighted by molar-refractivity contribution is -0.143. The summed E-state index contributed by atoms with van der Waals surface area (Å²) in [4.78, 5) is 0. The summed E-state index contributed by atoms with van der Waals surface area (Å²) in [5.74, 6) is 0. The summed E-state index contributed by atoms with van der Waals surface area (Å²) >= 11 is 0. The Morgan fingerprint density at radius 2 is 0.812 bits per heavy atom. The Balaban J connectivity index is 3.58. The maximum atomic E-state index is 3.52. The van der Waals surface area contributed by atoms with Crippen LogP contribution < -0.4 is 0 Å². The van der Waals surface area contributed by atoms with Crippen LogP contribution in [0, 0.1) is 0 Å². The summed E-state index contributed by atoms with van der Waals surface area (Å²) in [7, 11) is 0. The maximum absolute atomic E-state index is 3.52. The van der Waals surface area contributed by atoms with Crippen molar-refractivity contribution in [3.8, 4) is 0 Å². The van der Waals surface area contributed by atoms with E-state index in [1.807, 2.05) is 0 Å². The summed E-state index contributed by atoms with van der Waals surface area (Å²) in [6, 6.07) is 0. The lowest BCUT2D eigenvalue weighted by Crippen LogP contribution is -2.18. The first-order valence-electron chi connectivity index (χ1n) is 7.49. The molecular formula is C15H33O+. The molecule has 0 fully saturated rings. The molecule has 0 aliphatic carbocycles. The predicted octanol–water partition coefficient (Wildman–Crippen LogP) is 5.11. The molecule has 0 heterocycles. The largest absolute Gasteiger partial charge is 0.422 e. The lowest BCUT2D eigenvalue weighted by atomic mass is 10.2. The van der Waals surface area contributed by atoms with Crippen LogP contribution in [0.1, 0.15) is 78.6 Å². The second-order valence-electron chi connectivity index (χ2n) is 4.85. The van der Waals surface area contributed by atoms with Gasteiger partial charge in [-0.25, -0.2) is 0 Å². The molecule has 0 aromatic carbocycles. The van der Waals surface area contributed by atoms with Crippen LogP contribution in [0.3, 0.4) is 0 Å². The van der Waals surface area contributed by atoms with Crippen LogP contribution in [0.2, 0.25) is 0 Å². The van der Waals surface area contributed by atoms with Gasteiger partial charge in [-0.05, 0) is 19.3 Å². The van der Waals surface area contributed by atoms with Gasteiger partial charge in [-0.1, -0.05) is 40.0 Å². The Morgan fingerprint density at radius 1 is 0.500 bits per heavy atom. The van der Waals surface area contributed by atoms with Crippen LogP contribution in [0.4, 0.5) is 0 Å². The molecule has 0 radical (unpaired) electrons. The van der Waals surface area contributed by atoms with Gasteiger partial charge in [-0.3, -0.25) is 0 Å². The molecular weight excluding hydrogens is 196 g/mol. The molecule has 0 atom stereocenters. The highest BCUT2D eigenvalue weighted by atomic mass is 16.7. The standard InChI is InChI=1S/C15H33O/c1-4-7-10-13-16(14-11-8-5-2)15-12-9-6-3/h4-15H2,1-3H3/q+1. The van der Waals surface area contributed by atoms with Crippen LogP contribution in [0.15, 0.2) is 0 Å². The number of hydrogen-bond donors (Lipinski definition) is 0. The van der Waals surface area contributed by atoms with Crippen molar-refractivity contribution in [1.29, 1.82) is 0 Å². The lowest BCUT2D eigenvalue weighted by Gasteiger charge is -2.19. The molecule has 0 spiro atoms. The molecule has 0 aliphatic rings. The Kier molecular flexibility index (Phi) is 13.0. The molecule has 1 heteroatoms. The van der Waals surface area contributed by atoms with Gasteiger partial charge in [0.2, 0.25) is 0 Å². The minimum atomic E-state index is 1.25. The van der Waals surface area contributed by atoms with Gasteiger partial charge in [0.05, 0.1) is 0 Å². The van der Waals surface area contributed by atoms with Gasteiger partial charge in [0.25, 0.3) is 0 Å². The summed E-state index contributed by atoms with van der Waals surface area (Å²) in [6.07, 6.45) is 12.2. The second-order valence-corrected chi connectivity index (χ2v) is 4.85. The van der Waals surface area contributed by atoms with E-state index in [0.717, 1.165) is 0 Å². The third kappa shape index (κ3) is 10.5. The van der Waals surface area contributed by atoms with Crippen LogP contribution in [0.25, 0.3) is 0 Å². The average molecular weight is 229 g/mol. The highest BCUT2D eigenvalue weighted by molar-refractivity contribution is 4.49. The number of unbranched alkanes of at least 4 members (excludes halogenated alkanes) is 6. The third-order valence-corrected chi connectivity index (χ3v) is 3.11. The Hall–Kier alpha value is -0.0400. The smallest absolute Gasteiger partial charge is 0.145 e. The molecule has 16 heavy (non-hydrogen) atoms. The Bertz CT molecular complexity index is 98.8. The summed E-state index contributed by atoms with van der Waals surface area (Å²) in [5.41, 5.74) is 0. The quantitative estimate of drug-likeness (QED) is 0.323. The van der Waals surface area contributed by atoms with Gasteiger partial charge in [0, 0.05) is 19.3 Å². The van der Waals surface area contributed by atoms with E-state index in [1.165, 1.54) is 77.6 Å². The molecule has 0 aliphatic heterocycles. The summed E-state index contributed by atoms with van der Waals surface area (Å²) < 4.78 is 3.52. The Labute approximate surface area is 103 Å². The maximum Gasteiger partial charge on any atom is 0.145 e. The highest BCUT2D eigenvalue weighted by Gasteiger charge is 2.08. The van der Waals surface area contributed by atoms with Crippen molar-refractivity contribution in [2.75, 3.05) is 19.8 Å². The number of rotatable bonds is 12. The fourth-order valence-electron chi connectivity index (χ4n) is 1.97. The number of hydrogen-bond acceptors (Lipinski definition) is 0. The van der Waals surface area contributed by atoms with E-state index in [2.05, 4.69) is 25.1 Å². The van der Waals surface area contributed by atoms with E-state index in [1.54, 1.807) is 0 Å². The molecule has 0 bridgehead atoms. The molecule has 0 rings (SSSR count). The first-order valence-corrected chi connectivity index (χ1v) is 7.49. The molecule has 0 aromatic rings. The molecule has 1 nitrogen and oxygen atoms in total. The molecule has 0 aromatic heterocycles. The minimum absolute atomic E-state index is 1.25. The van der Waals surface area contributed by atoms with Crippen molar-refractivity contribution in [2.45, 2.75) is 78.6 Å². The SMILES string of the molecule is CCCCC[O+](CCCCC)CCCCC. The summed E-state index contributed by atoms with van der Waals surface area (Å²) in [6.45, 7) is 10.6. The normalized spacial score (nSPS) is 11.2. The van der Waals surface area contributed by atoms with Gasteiger partial charge in [-0.2, -0.15) is 0 Å². The van der Waals surface area contributed by atoms with Gasteiger partial charge in [-0.15, -0.1) is 0 Å². The van der Waals surface area contributed by atoms with Gasteiger partial charge >= 0.3 is 0 Å². The highest BCUT2D eigenvalue weighted by Crippen LogP contribution is 2.09. The first-order chi connectivity index (χ1) is 7.85. The average Bonchev–Trinajstić information content (AvgIpc) is 2.29. The van der Waals surface area contributed by atoms with Gasteiger partial charge < -0.3 is 4.37 Å². The molecule has 0 amide bonds. The monoisotopic (exact) mass is 229 g/mol. The van der Waals surface area contributed by atoms with Crippen molar-refractivity contribution >= 4 is 0 Å². The third-order valence-electron chi connectivity index (χ3n) is 3.11. The van der Waals surface area contributed by atoms with Gasteiger partial charge in [0.15, 0.2) is 0 Å². The fourth-order valence-corrected chi connectivity index (χ4v) is 1.97. The van der Waals surface area contributed by atoms with E-state index in [9.17, 15) is 0 Å². The van der Waals surface area contributed by atoms with Crippen LogP contribution >= 0.6 is 0 Å². The fraction of sp³-hybridized carbons (Fsp3) is 1.00. The minimum Gasteiger partial charge on any atom is -0.422 e. The molecule has 0 saturated carbocycles. The van der Waals surface area contributed by atoms with E-state index >= 15 is 0 Å². The second kappa shape index (κ2) is 13.0. The van der Waals surface area contributed by atoms with Crippen molar-refractivity contribution in [2.24, 2.45) is 0 Å². The predicted molar refractivity (Wildman–Crippen MR) is 74.3 cm³/mol. The zero-order chi connectivity index (χ0) is 12.1. The molecule has 98 valence electrons. The Morgan fingerprint density at radius 3 is 1.06 bits per heavy atom.